The Hall–Kier alpha value is -1.74. The van der Waals surface area contributed by atoms with Crippen molar-refractivity contribution >= 4 is 23.2 Å². The lowest BCUT2D eigenvalue weighted by Gasteiger charge is -2.19. The summed E-state index contributed by atoms with van der Waals surface area (Å²) in [6, 6.07) is 20.2. The van der Waals surface area contributed by atoms with Crippen molar-refractivity contribution in [3.63, 3.8) is 0 Å². The minimum absolute atomic E-state index is 0.647. The molecule has 0 spiro atoms. The Morgan fingerprint density at radius 3 is 2.43 bits per heavy atom. The molecule has 2 aromatic carbocycles. The number of benzene rings is 2. The molecular weight excluding hydrogens is 327 g/mol. The quantitative estimate of drug-likeness (QED) is 0.600. The molecular formula is C19H18Cl2N2. The van der Waals surface area contributed by atoms with Gasteiger partial charge in [0.2, 0.25) is 0 Å². The van der Waals surface area contributed by atoms with Gasteiger partial charge in [-0.05, 0) is 42.9 Å². The highest BCUT2D eigenvalue weighted by atomic mass is 35.5. The third-order valence-electron chi connectivity index (χ3n) is 3.73. The Morgan fingerprint density at radius 2 is 1.70 bits per heavy atom. The van der Waals surface area contributed by atoms with Gasteiger partial charge in [-0.2, -0.15) is 0 Å². The van der Waals surface area contributed by atoms with Gasteiger partial charge < -0.3 is 4.57 Å². The molecule has 118 valence electrons. The van der Waals surface area contributed by atoms with Gasteiger partial charge in [-0.1, -0.05) is 53.5 Å². The number of halogens is 2. The molecule has 0 aliphatic heterocycles. The van der Waals surface area contributed by atoms with Crippen molar-refractivity contribution in [2.24, 2.45) is 0 Å². The first-order valence-electron chi connectivity index (χ1n) is 7.47. The van der Waals surface area contributed by atoms with E-state index in [2.05, 4.69) is 46.8 Å². The lowest BCUT2D eigenvalue weighted by Crippen LogP contribution is -2.19. The van der Waals surface area contributed by atoms with E-state index >= 15 is 0 Å². The van der Waals surface area contributed by atoms with E-state index in [1.807, 2.05) is 30.5 Å². The maximum absolute atomic E-state index is 6.34. The largest absolute Gasteiger partial charge is 0.318 e. The standard InChI is InChI=1S/C19H18Cl2N2/c1-22(13-15-6-3-2-4-7-15)14-17-8-5-11-23(17)19-10-9-16(20)12-18(19)21/h2-12H,13-14H2,1H3. The van der Waals surface area contributed by atoms with E-state index in [9.17, 15) is 0 Å². The lowest BCUT2D eigenvalue weighted by atomic mass is 10.2. The summed E-state index contributed by atoms with van der Waals surface area (Å²) >= 11 is 12.3. The summed E-state index contributed by atoms with van der Waals surface area (Å²) in [7, 11) is 2.12. The highest BCUT2D eigenvalue weighted by Gasteiger charge is 2.10. The zero-order chi connectivity index (χ0) is 16.2. The van der Waals surface area contributed by atoms with Crippen molar-refractivity contribution < 1.29 is 0 Å². The van der Waals surface area contributed by atoms with Crippen molar-refractivity contribution in [3.05, 3.63) is 88.2 Å². The molecule has 0 saturated heterocycles. The number of nitrogens with zero attached hydrogens (tertiary/aromatic N) is 2. The molecule has 0 saturated carbocycles. The van der Waals surface area contributed by atoms with Gasteiger partial charge in [-0.25, -0.2) is 0 Å². The summed E-state index contributed by atoms with van der Waals surface area (Å²) in [5.74, 6) is 0. The van der Waals surface area contributed by atoms with Gasteiger partial charge in [-0.3, -0.25) is 4.90 Å². The lowest BCUT2D eigenvalue weighted by molar-refractivity contribution is 0.313. The molecule has 4 heteroatoms. The molecule has 2 nitrogen and oxygen atoms in total. The molecule has 0 atom stereocenters. The van der Waals surface area contributed by atoms with Crippen molar-refractivity contribution in [3.8, 4) is 5.69 Å². The summed E-state index contributed by atoms with van der Waals surface area (Å²) in [5.41, 5.74) is 3.44. The Labute approximate surface area is 146 Å². The van der Waals surface area contributed by atoms with Gasteiger partial charge in [0.25, 0.3) is 0 Å². The van der Waals surface area contributed by atoms with Crippen LogP contribution < -0.4 is 0 Å². The van der Waals surface area contributed by atoms with Crippen molar-refractivity contribution in [2.75, 3.05) is 7.05 Å². The minimum Gasteiger partial charge on any atom is -0.318 e. The zero-order valence-corrected chi connectivity index (χ0v) is 14.4. The van der Waals surface area contributed by atoms with Crippen molar-refractivity contribution in [1.82, 2.24) is 9.47 Å². The second-order valence-electron chi connectivity index (χ2n) is 5.62. The van der Waals surface area contributed by atoms with E-state index < -0.39 is 0 Å². The molecule has 0 amide bonds. The van der Waals surface area contributed by atoms with E-state index in [1.54, 1.807) is 6.07 Å². The second kappa shape index (κ2) is 7.22. The first-order chi connectivity index (χ1) is 11.1. The van der Waals surface area contributed by atoms with Crippen molar-refractivity contribution in [1.29, 1.82) is 0 Å². The summed E-state index contributed by atoms with van der Waals surface area (Å²) in [6.45, 7) is 1.74. The van der Waals surface area contributed by atoms with Crippen LogP contribution in [0.5, 0.6) is 0 Å². The molecule has 1 aromatic heterocycles. The number of aromatic nitrogens is 1. The first-order valence-corrected chi connectivity index (χ1v) is 8.23. The highest BCUT2D eigenvalue weighted by Crippen LogP contribution is 2.26. The number of hydrogen-bond acceptors (Lipinski definition) is 1. The predicted molar refractivity (Wildman–Crippen MR) is 97.4 cm³/mol. The van der Waals surface area contributed by atoms with E-state index in [0.29, 0.717) is 10.0 Å². The van der Waals surface area contributed by atoms with E-state index in [-0.39, 0.29) is 0 Å². The smallest absolute Gasteiger partial charge is 0.0661 e. The molecule has 0 unspecified atom stereocenters. The fraction of sp³-hybridized carbons (Fsp3) is 0.158. The highest BCUT2D eigenvalue weighted by molar-refractivity contribution is 6.35. The normalized spacial score (nSPS) is 11.1. The maximum atomic E-state index is 6.34. The van der Waals surface area contributed by atoms with E-state index in [1.165, 1.54) is 11.3 Å². The number of hydrogen-bond donors (Lipinski definition) is 0. The monoisotopic (exact) mass is 344 g/mol. The molecule has 0 bridgehead atoms. The minimum atomic E-state index is 0.647. The Bertz CT molecular complexity index is 781. The van der Waals surface area contributed by atoms with Gasteiger partial charge in [0.05, 0.1) is 10.7 Å². The van der Waals surface area contributed by atoms with E-state index in [0.717, 1.165) is 18.8 Å². The van der Waals surface area contributed by atoms with Crippen LogP contribution in [0.25, 0.3) is 5.69 Å². The van der Waals surface area contributed by atoms with Crippen LogP contribution in [0.1, 0.15) is 11.3 Å². The number of rotatable bonds is 5. The van der Waals surface area contributed by atoms with E-state index in [4.69, 9.17) is 23.2 Å². The molecule has 23 heavy (non-hydrogen) atoms. The van der Waals surface area contributed by atoms with Gasteiger partial charge in [0, 0.05) is 30.0 Å². The van der Waals surface area contributed by atoms with Crippen LogP contribution in [0, 0.1) is 0 Å². The van der Waals surface area contributed by atoms with Crippen molar-refractivity contribution in [2.45, 2.75) is 13.1 Å². The fourth-order valence-electron chi connectivity index (χ4n) is 2.68. The van der Waals surface area contributed by atoms with Crippen LogP contribution >= 0.6 is 23.2 Å². The first kappa shape index (κ1) is 16.1. The van der Waals surface area contributed by atoms with Gasteiger partial charge in [0.15, 0.2) is 0 Å². The third kappa shape index (κ3) is 3.97. The van der Waals surface area contributed by atoms with Gasteiger partial charge >= 0.3 is 0 Å². The SMILES string of the molecule is CN(Cc1ccccc1)Cc1cccn1-c1ccc(Cl)cc1Cl. The van der Waals surface area contributed by atoms with Crippen LogP contribution in [0.15, 0.2) is 66.9 Å². The summed E-state index contributed by atoms with van der Waals surface area (Å²) in [6.07, 6.45) is 2.03. The topological polar surface area (TPSA) is 8.17 Å². The fourth-order valence-corrected chi connectivity index (χ4v) is 3.18. The molecule has 0 fully saturated rings. The summed E-state index contributed by atoms with van der Waals surface area (Å²) in [4.78, 5) is 2.28. The predicted octanol–water partition coefficient (Wildman–Crippen LogP) is 5.42. The van der Waals surface area contributed by atoms with Crippen LogP contribution in [0.2, 0.25) is 10.0 Å². The van der Waals surface area contributed by atoms with Crippen LogP contribution in [-0.4, -0.2) is 16.5 Å². The Kier molecular flexibility index (Phi) is 5.06. The van der Waals surface area contributed by atoms with Gasteiger partial charge in [0.1, 0.15) is 0 Å². The molecule has 1 heterocycles. The van der Waals surface area contributed by atoms with Crippen LogP contribution in [-0.2, 0) is 13.1 Å². The van der Waals surface area contributed by atoms with Crippen LogP contribution in [0.3, 0.4) is 0 Å². The maximum Gasteiger partial charge on any atom is 0.0661 e. The molecule has 3 rings (SSSR count). The Morgan fingerprint density at radius 1 is 0.913 bits per heavy atom. The average molecular weight is 345 g/mol. The Balaban J connectivity index is 1.78. The molecule has 0 radical (unpaired) electrons. The molecule has 0 N–H and O–H groups in total. The van der Waals surface area contributed by atoms with Gasteiger partial charge in [-0.15, -0.1) is 0 Å². The summed E-state index contributed by atoms with van der Waals surface area (Å²) < 4.78 is 2.11. The van der Waals surface area contributed by atoms with Crippen LogP contribution in [0.4, 0.5) is 0 Å². The molecule has 0 aliphatic rings. The summed E-state index contributed by atoms with van der Waals surface area (Å²) in [5, 5.41) is 1.30. The molecule has 3 aromatic rings. The molecule has 0 aliphatic carbocycles. The zero-order valence-electron chi connectivity index (χ0n) is 12.9. The third-order valence-corrected chi connectivity index (χ3v) is 4.27. The second-order valence-corrected chi connectivity index (χ2v) is 6.47. The average Bonchev–Trinajstić information content (AvgIpc) is 2.96.